The Morgan fingerprint density at radius 1 is 1.03 bits per heavy atom. The SMILES string of the molecule is C=CC[C@H]1C(=O)N(S(=O)(=O)c2ccc3ccccc3c2)[C@H]2CCN(C(=O)OCc3ccccc3)[C@H]12. The van der Waals surface area contributed by atoms with Crippen molar-refractivity contribution in [1.29, 1.82) is 0 Å². The van der Waals surface area contributed by atoms with Gasteiger partial charge in [0, 0.05) is 6.54 Å². The van der Waals surface area contributed by atoms with Crippen LogP contribution in [0.5, 0.6) is 0 Å². The number of carbonyl (C=O) groups excluding carboxylic acids is 2. The van der Waals surface area contributed by atoms with Gasteiger partial charge in [-0.15, -0.1) is 6.58 Å². The van der Waals surface area contributed by atoms with Gasteiger partial charge in [-0.25, -0.2) is 17.5 Å². The number of hydrogen-bond acceptors (Lipinski definition) is 5. The second-order valence-electron chi connectivity index (χ2n) is 8.86. The number of likely N-dealkylation sites (tertiary alicyclic amines) is 1. The molecule has 0 aliphatic carbocycles. The molecule has 0 spiro atoms. The molecule has 3 atom stereocenters. The molecule has 2 aliphatic heterocycles. The zero-order valence-electron chi connectivity index (χ0n) is 19.1. The molecular weight excluding hydrogens is 464 g/mol. The van der Waals surface area contributed by atoms with Crippen LogP contribution >= 0.6 is 0 Å². The van der Waals surface area contributed by atoms with Crippen molar-refractivity contribution in [1.82, 2.24) is 9.21 Å². The van der Waals surface area contributed by atoms with Crippen molar-refractivity contribution in [2.75, 3.05) is 6.54 Å². The van der Waals surface area contributed by atoms with Crippen molar-refractivity contribution in [2.24, 2.45) is 5.92 Å². The molecule has 2 amide bonds. The number of rotatable bonds is 6. The van der Waals surface area contributed by atoms with Crippen molar-refractivity contribution in [3.05, 3.63) is 91.0 Å². The number of benzene rings is 3. The fourth-order valence-electron chi connectivity index (χ4n) is 5.19. The van der Waals surface area contributed by atoms with Crippen LogP contribution in [-0.4, -0.2) is 48.3 Å². The lowest BCUT2D eigenvalue weighted by atomic mass is 9.96. The van der Waals surface area contributed by atoms with Gasteiger partial charge in [-0.1, -0.05) is 66.7 Å². The topological polar surface area (TPSA) is 84.0 Å². The Labute approximate surface area is 204 Å². The number of nitrogens with zero attached hydrogens (tertiary/aromatic N) is 2. The van der Waals surface area contributed by atoms with Crippen molar-refractivity contribution < 1.29 is 22.7 Å². The smallest absolute Gasteiger partial charge is 0.410 e. The van der Waals surface area contributed by atoms with Gasteiger partial charge < -0.3 is 9.64 Å². The molecule has 0 N–H and O–H groups in total. The van der Waals surface area contributed by atoms with E-state index in [9.17, 15) is 18.0 Å². The Hall–Kier alpha value is -3.65. The molecule has 3 aromatic rings. The van der Waals surface area contributed by atoms with Gasteiger partial charge in [0.15, 0.2) is 0 Å². The van der Waals surface area contributed by atoms with E-state index in [1.165, 1.54) is 11.0 Å². The summed E-state index contributed by atoms with van der Waals surface area (Å²) >= 11 is 0. The highest BCUT2D eigenvalue weighted by atomic mass is 32.2. The molecule has 5 rings (SSSR count). The van der Waals surface area contributed by atoms with Gasteiger partial charge in [-0.3, -0.25) is 4.79 Å². The maximum Gasteiger partial charge on any atom is 0.410 e. The van der Waals surface area contributed by atoms with Gasteiger partial charge in [0.05, 0.1) is 22.9 Å². The van der Waals surface area contributed by atoms with Crippen molar-refractivity contribution in [3.8, 4) is 0 Å². The van der Waals surface area contributed by atoms with Crippen LogP contribution in [-0.2, 0) is 26.2 Å². The van der Waals surface area contributed by atoms with Gasteiger partial charge in [0.2, 0.25) is 5.91 Å². The standard InChI is InChI=1S/C27H26N2O5S/c1-2-8-23-25-24(15-16-28(25)27(31)34-18-19-9-4-3-5-10-19)29(26(23)30)35(32,33)22-14-13-20-11-6-7-12-21(20)17-22/h2-7,9-14,17,23-25H,1,8,15-16,18H2/t23-,24+,25-/m1/s1. The predicted octanol–water partition coefficient (Wildman–Crippen LogP) is 4.34. The highest BCUT2D eigenvalue weighted by Gasteiger charge is 2.58. The van der Waals surface area contributed by atoms with Crippen LogP contribution in [0.15, 0.2) is 90.3 Å². The minimum absolute atomic E-state index is 0.0626. The summed E-state index contributed by atoms with van der Waals surface area (Å²) in [6.07, 6.45) is 1.68. The summed E-state index contributed by atoms with van der Waals surface area (Å²) in [5.41, 5.74) is 0.849. The summed E-state index contributed by atoms with van der Waals surface area (Å²) in [5, 5.41) is 1.69. The number of sulfonamides is 1. The first-order valence-corrected chi connectivity index (χ1v) is 13.0. The first-order chi connectivity index (χ1) is 16.9. The minimum Gasteiger partial charge on any atom is -0.445 e. The number of carbonyl (C=O) groups is 2. The first-order valence-electron chi connectivity index (χ1n) is 11.6. The molecule has 0 radical (unpaired) electrons. The highest BCUT2D eigenvalue weighted by molar-refractivity contribution is 7.89. The monoisotopic (exact) mass is 490 g/mol. The van der Waals surface area contributed by atoms with E-state index in [1.807, 2.05) is 54.6 Å². The van der Waals surface area contributed by atoms with Gasteiger partial charge in [-0.2, -0.15) is 0 Å². The summed E-state index contributed by atoms with van der Waals surface area (Å²) < 4.78 is 33.9. The van der Waals surface area contributed by atoms with Gasteiger partial charge >= 0.3 is 6.09 Å². The lowest BCUT2D eigenvalue weighted by molar-refractivity contribution is -0.128. The van der Waals surface area contributed by atoms with Crippen LogP contribution in [0, 0.1) is 5.92 Å². The molecule has 2 heterocycles. The summed E-state index contributed by atoms with van der Waals surface area (Å²) in [5.74, 6) is -1.20. The van der Waals surface area contributed by atoms with Crippen LogP contribution < -0.4 is 0 Å². The maximum absolute atomic E-state index is 13.7. The summed E-state index contributed by atoms with van der Waals surface area (Å²) in [4.78, 5) is 28.0. The summed E-state index contributed by atoms with van der Waals surface area (Å²) in [7, 11) is -4.12. The van der Waals surface area contributed by atoms with Crippen LogP contribution in [0.2, 0.25) is 0 Å². The molecule has 7 nitrogen and oxygen atoms in total. The van der Waals surface area contributed by atoms with Crippen LogP contribution in [0.3, 0.4) is 0 Å². The Bertz CT molecular complexity index is 1390. The Morgan fingerprint density at radius 3 is 2.49 bits per heavy atom. The second kappa shape index (κ2) is 9.19. The molecule has 0 saturated carbocycles. The second-order valence-corrected chi connectivity index (χ2v) is 10.7. The molecule has 0 unspecified atom stereocenters. The lowest BCUT2D eigenvalue weighted by Crippen LogP contribution is -2.43. The van der Waals surface area contributed by atoms with E-state index in [1.54, 1.807) is 18.2 Å². The highest BCUT2D eigenvalue weighted by Crippen LogP contribution is 2.41. The van der Waals surface area contributed by atoms with Crippen molar-refractivity contribution >= 4 is 32.8 Å². The number of hydrogen-bond donors (Lipinski definition) is 0. The van der Waals surface area contributed by atoms with Crippen LogP contribution in [0.4, 0.5) is 4.79 Å². The van der Waals surface area contributed by atoms with Crippen LogP contribution in [0.1, 0.15) is 18.4 Å². The average Bonchev–Trinajstić information content (AvgIpc) is 3.41. The molecule has 3 aromatic carbocycles. The fraction of sp³-hybridized carbons (Fsp3) is 0.259. The van der Waals surface area contributed by atoms with E-state index >= 15 is 0 Å². The van der Waals surface area contributed by atoms with E-state index in [2.05, 4.69) is 6.58 Å². The summed E-state index contributed by atoms with van der Waals surface area (Å²) in [6.45, 7) is 4.16. The zero-order valence-corrected chi connectivity index (χ0v) is 19.9. The maximum atomic E-state index is 13.7. The normalized spacial score (nSPS) is 21.8. The lowest BCUT2D eigenvalue weighted by Gasteiger charge is -2.26. The zero-order chi connectivity index (χ0) is 24.6. The molecule has 35 heavy (non-hydrogen) atoms. The van der Waals surface area contributed by atoms with Gasteiger partial charge in [0.1, 0.15) is 6.61 Å². The van der Waals surface area contributed by atoms with Gasteiger partial charge in [-0.05, 0) is 41.3 Å². The predicted molar refractivity (Wildman–Crippen MR) is 132 cm³/mol. The molecular formula is C27H26N2O5S. The molecule has 0 aromatic heterocycles. The molecule has 2 fully saturated rings. The van der Waals surface area contributed by atoms with Crippen molar-refractivity contribution in [3.63, 3.8) is 0 Å². The summed E-state index contributed by atoms with van der Waals surface area (Å²) in [6, 6.07) is 20.4. The van der Waals surface area contributed by atoms with E-state index < -0.39 is 40.0 Å². The van der Waals surface area contributed by atoms with Crippen LogP contribution in [0.25, 0.3) is 10.8 Å². The Morgan fingerprint density at radius 2 is 1.74 bits per heavy atom. The molecule has 0 bridgehead atoms. The van der Waals surface area contributed by atoms with Gasteiger partial charge in [0.25, 0.3) is 10.0 Å². The number of amides is 2. The third-order valence-electron chi connectivity index (χ3n) is 6.81. The van der Waals surface area contributed by atoms with E-state index in [4.69, 9.17) is 4.74 Å². The molecule has 8 heteroatoms. The third kappa shape index (κ3) is 4.08. The molecule has 180 valence electrons. The Balaban J connectivity index is 1.43. The average molecular weight is 491 g/mol. The first kappa shape index (κ1) is 23.1. The molecule has 2 aliphatic rings. The largest absolute Gasteiger partial charge is 0.445 e. The van der Waals surface area contributed by atoms with E-state index in [0.717, 1.165) is 20.6 Å². The number of ether oxygens (including phenoxy) is 1. The number of fused-ring (bicyclic) bond motifs is 2. The third-order valence-corrected chi connectivity index (χ3v) is 8.62. The van der Waals surface area contributed by atoms with E-state index in [-0.39, 0.29) is 17.9 Å². The van der Waals surface area contributed by atoms with E-state index in [0.29, 0.717) is 13.0 Å². The Kier molecular flexibility index (Phi) is 6.06. The van der Waals surface area contributed by atoms with Crippen molar-refractivity contribution in [2.45, 2.75) is 36.4 Å². The quantitative estimate of drug-likeness (QED) is 0.480. The number of allylic oxidation sites excluding steroid dienone is 1. The molecule has 2 saturated heterocycles. The minimum atomic E-state index is -4.12. The fourth-order valence-corrected chi connectivity index (χ4v) is 6.89.